The molecule has 2 atom stereocenters. The molecule has 0 unspecified atom stereocenters. The summed E-state index contributed by atoms with van der Waals surface area (Å²) in [4.78, 5) is 25.3. The van der Waals surface area contributed by atoms with Crippen LogP contribution in [-0.4, -0.2) is 37.5 Å². The van der Waals surface area contributed by atoms with E-state index in [9.17, 15) is 18.0 Å². The minimum atomic E-state index is -4.32. The number of hydrogen-bond donors (Lipinski definition) is 0. The average molecular weight is 496 g/mol. The highest BCUT2D eigenvalue weighted by atomic mass is 32.2. The van der Waals surface area contributed by atoms with Gasteiger partial charge in [0.05, 0.1) is 11.5 Å². The summed E-state index contributed by atoms with van der Waals surface area (Å²) < 4.78 is 43.6. The molecule has 1 aliphatic rings. The highest BCUT2D eigenvalue weighted by Gasteiger charge is 2.53. The van der Waals surface area contributed by atoms with Crippen LogP contribution in [-0.2, 0) is 30.9 Å². The minimum Gasteiger partial charge on any atom is -0.489 e. The molecule has 8 nitrogen and oxygen atoms in total. The number of benzene rings is 3. The van der Waals surface area contributed by atoms with Gasteiger partial charge in [0.25, 0.3) is 10.0 Å². The highest BCUT2D eigenvalue weighted by molar-refractivity contribution is 7.89. The number of aryl methyl sites for hydroxylation is 1. The molecule has 1 aliphatic heterocycles. The first kappa shape index (κ1) is 24.3. The number of carbonyl (C=O) groups is 2. The van der Waals surface area contributed by atoms with Gasteiger partial charge in [0, 0.05) is 0 Å². The third-order valence-electron chi connectivity index (χ3n) is 5.51. The molecule has 35 heavy (non-hydrogen) atoms. The summed E-state index contributed by atoms with van der Waals surface area (Å²) in [6.07, 6.45) is -2.59. The molecule has 0 spiro atoms. The molecular formula is C26H25NO7S. The van der Waals surface area contributed by atoms with Crippen molar-refractivity contribution in [1.82, 2.24) is 4.31 Å². The van der Waals surface area contributed by atoms with Crippen LogP contribution in [0, 0.1) is 6.92 Å². The Morgan fingerprint density at radius 3 is 2.26 bits per heavy atom. The van der Waals surface area contributed by atoms with Crippen LogP contribution >= 0.6 is 0 Å². The molecule has 0 saturated carbocycles. The van der Waals surface area contributed by atoms with Crippen molar-refractivity contribution in [3.8, 4) is 5.75 Å². The summed E-state index contributed by atoms with van der Waals surface area (Å²) in [6.45, 7) is 3.84. The monoisotopic (exact) mass is 495 g/mol. The Bertz CT molecular complexity index is 1290. The van der Waals surface area contributed by atoms with E-state index in [1.54, 1.807) is 43.3 Å². The summed E-state index contributed by atoms with van der Waals surface area (Å²) >= 11 is 0. The van der Waals surface area contributed by atoms with Crippen LogP contribution in [0.3, 0.4) is 0 Å². The number of sulfonamides is 1. The zero-order valence-electron chi connectivity index (χ0n) is 19.3. The molecule has 182 valence electrons. The normalized spacial score (nSPS) is 17.7. The highest BCUT2D eigenvalue weighted by Crippen LogP contribution is 2.39. The Kier molecular flexibility index (Phi) is 7.07. The summed E-state index contributed by atoms with van der Waals surface area (Å²) in [5.41, 5.74) is 2.24. The quantitative estimate of drug-likeness (QED) is 0.428. The van der Waals surface area contributed by atoms with Crippen LogP contribution in [0.15, 0.2) is 83.8 Å². The van der Waals surface area contributed by atoms with Crippen molar-refractivity contribution in [2.45, 2.75) is 37.5 Å². The van der Waals surface area contributed by atoms with Gasteiger partial charge in [0.1, 0.15) is 18.4 Å². The second kappa shape index (κ2) is 10.2. The number of carbonyl (C=O) groups excluding carboxylic acids is 2. The average Bonchev–Trinajstić information content (AvgIpc) is 3.22. The standard InChI is InChI=1S/C26H25NO7S/c1-3-32-25(28)24-23(20-11-13-21(14-12-20)33-17-19-7-5-4-6-8-19)27(26(29)34-24)35(30,31)22-15-9-18(2)10-16-22/h4-16,23-24H,3,17H2,1-2H3/t23-,24+/m1/s1. The van der Waals surface area contributed by atoms with Crippen LogP contribution in [0.1, 0.15) is 29.7 Å². The first-order chi connectivity index (χ1) is 16.8. The molecule has 0 N–H and O–H groups in total. The number of amides is 1. The molecule has 0 aliphatic carbocycles. The van der Waals surface area contributed by atoms with Crippen molar-refractivity contribution in [1.29, 1.82) is 0 Å². The fraction of sp³-hybridized carbons (Fsp3) is 0.231. The van der Waals surface area contributed by atoms with Gasteiger partial charge in [-0.2, -0.15) is 4.31 Å². The Balaban J connectivity index is 1.66. The molecule has 0 radical (unpaired) electrons. The van der Waals surface area contributed by atoms with E-state index in [0.717, 1.165) is 11.1 Å². The maximum absolute atomic E-state index is 13.4. The molecular weight excluding hydrogens is 470 g/mol. The second-order valence-corrected chi connectivity index (χ2v) is 9.77. The number of cyclic esters (lactones) is 1. The summed E-state index contributed by atoms with van der Waals surface area (Å²) in [5.74, 6) is -0.277. The van der Waals surface area contributed by atoms with Gasteiger partial charge in [-0.1, -0.05) is 60.2 Å². The molecule has 1 heterocycles. The van der Waals surface area contributed by atoms with Crippen LogP contribution in [0.2, 0.25) is 0 Å². The lowest BCUT2D eigenvalue weighted by Crippen LogP contribution is -2.37. The number of esters is 1. The molecule has 0 aromatic heterocycles. The van der Waals surface area contributed by atoms with Gasteiger partial charge < -0.3 is 14.2 Å². The zero-order valence-corrected chi connectivity index (χ0v) is 20.1. The Morgan fingerprint density at radius 2 is 1.63 bits per heavy atom. The number of rotatable bonds is 8. The molecule has 1 amide bonds. The third-order valence-corrected chi connectivity index (χ3v) is 7.28. The van der Waals surface area contributed by atoms with Gasteiger partial charge in [-0.15, -0.1) is 0 Å². The fourth-order valence-electron chi connectivity index (χ4n) is 3.75. The van der Waals surface area contributed by atoms with Gasteiger partial charge >= 0.3 is 12.1 Å². The molecule has 9 heteroatoms. The first-order valence-corrected chi connectivity index (χ1v) is 12.5. The van der Waals surface area contributed by atoms with Crippen LogP contribution < -0.4 is 4.74 Å². The van der Waals surface area contributed by atoms with Crippen molar-refractivity contribution in [2.24, 2.45) is 0 Å². The van der Waals surface area contributed by atoms with Crippen molar-refractivity contribution in [3.05, 3.63) is 95.6 Å². The van der Waals surface area contributed by atoms with E-state index in [1.165, 1.54) is 12.1 Å². The van der Waals surface area contributed by atoms with Gasteiger partial charge in [-0.25, -0.2) is 18.0 Å². The van der Waals surface area contributed by atoms with E-state index >= 15 is 0 Å². The lowest BCUT2D eigenvalue weighted by molar-refractivity contribution is -0.152. The second-order valence-electron chi connectivity index (χ2n) is 7.96. The van der Waals surface area contributed by atoms with E-state index in [4.69, 9.17) is 14.2 Å². The molecule has 3 aromatic rings. The van der Waals surface area contributed by atoms with Gasteiger partial charge in [-0.3, -0.25) is 0 Å². The van der Waals surface area contributed by atoms with E-state index in [1.807, 2.05) is 37.3 Å². The largest absolute Gasteiger partial charge is 0.489 e. The van der Waals surface area contributed by atoms with Crippen molar-refractivity contribution in [2.75, 3.05) is 6.61 Å². The van der Waals surface area contributed by atoms with Gasteiger partial charge in [0.15, 0.2) is 0 Å². The van der Waals surface area contributed by atoms with E-state index < -0.39 is 34.2 Å². The lowest BCUT2D eigenvalue weighted by Gasteiger charge is -2.24. The Morgan fingerprint density at radius 1 is 0.971 bits per heavy atom. The molecule has 4 rings (SSSR count). The van der Waals surface area contributed by atoms with Crippen LogP contribution in [0.5, 0.6) is 5.75 Å². The molecule has 1 saturated heterocycles. The summed E-state index contributed by atoms with van der Waals surface area (Å²) in [6, 6.07) is 21.0. The number of ether oxygens (including phenoxy) is 3. The third kappa shape index (κ3) is 5.14. The van der Waals surface area contributed by atoms with Gasteiger partial charge in [-0.05, 0) is 49.2 Å². The number of hydrogen-bond acceptors (Lipinski definition) is 7. The predicted octanol–water partition coefficient (Wildman–Crippen LogP) is 4.39. The first-order valence-electron chi connectivity index (χ1n) is 11.1. The smallest absolute Gasteiger partial charge is 0.425 e. The number of nitrogens with zero attached hydrogens (tertiary/aromatic N) is 1. The molecule has 1 fully saturated rings. The predicted molar refractivity (Wildman–Crippen MR) is 127 cm³/mol. The minimum absolute atomic E-state index is 0.0522. The molecule has 3 aromatic carbocycles. The molecule has 0 bridgehead atoms. The topological polar surface area (TPSA) is 99.2 Å². The van der Waals surface area contributed by atoms with Crippen LogP contribution in [0.4, 0.5) is 4.79 Å². The van der Waals surface area contributed by atoms with Crippen molar-refractivity contribution in [3.63, 3.8) is 0 Å². The Labute approximate surface area is 204 Å². The SMILES string of the molecule is CCOC(=O)[C@H]1OC(=O)N(S(=O)(=O)c2ccc(C)cc2)[C@@H]1c1ccc(OCc2ccccc2)cc1. The van der Waals surface area contributed by atoms with Crippen molar-refractivity contribution >= 4 is 22.1 Å². The van der Waals surface area contributed by atoms with Gasteiger partial charge in [0.2, 0.25) is 6.10 Å². The zero-order chi connectivity index (χ0) is 25.0. The summed E-state index contributed by atoms with van der Waals surface area (Å²) in [7, 11) is -4.32. The van der Waals surface area contributed by atoms with E-state index in [-0.39, 0.29) is 11.5 Å². The lowest BCUT2D eigenvalue weighted by atomic mass is 10.0. The fourth-order valence-corrected chi connectivity index (χ4v) is 5.22. The Hall–Kier alpha value is -3.85. The van der Waals surface area contributed by atoms with Crippen LogP contribution in [0.25, 0.3) is 0 Å². The maximum atomic E-state index is 13.4. The van der Waals surface area contributed by atoms with E-state index in [0.29, 0.717) is 22.2 Å². The maximum Gasteiger partial charge on any atom is 0.425 e. The van der Waals surface area contributed by atoms with E-state index in [2.05, 4.69) is 0 Å². The van der Waals surface area contributed by atoms with Crippen molar-refractivity contribution < 1.29 is 32.2 Å². The summed E-state index contributed by atoms with van der Waals surface area (Å²) in [5, 5.41) is 0.